The Morgan fingerprint density at radius 3 is 2.67 bits per heavy atom. The lowest BCUT2D eigenvalue weighted by atomic mass is 10.2. The van der Waals surface area contributed by atoms with E-state index in [-0.39, 0.29) is 12.5 Å². The molecular formula is C17H25N5O2. The monoisotopic (exact) mass is 331 g/mol. The highest BCUT2D eigenvalue weighted by Crippen LogP contribution is 2.16. The van der Waals surface area contributed by atoms with Gasteiger partial charge in [0, 0.05) is 50.9 Å². The fraction of sp³-hybridized carbons (Fsp3) is 0.588. The third-order valence-corrected chi connectivity index (χ3v) is 4.34. The summed E-state index contributed by atoms with van der Waals surface area (Å²) < 4.78 is 1.89. The molecule has 7 heteroatoms. The minimum atomic E-state index is 0.0182. The first-order chi connectivity index (χ1) is 11.6. The highest BCUT2D eigenvalue weighted by Gasteiger charge is 2.22. The first-order valence-electron chi connectivity index (χ1n) is 8.52. The molecule has 0 saturated carbocycles. The number of β-amino-alcohol motifs (C(OH)–C–C–N with tert-alkyl or cyclic N) is 1. The first-order valence-corrected chi connectivity index (χ1v) is 8.52. The highest BCUT2D eigenvalue weighted by molar-refractivity contribution is 5.96. The van der Waals surface area contributed by atoms with Gasteiger partial charge in [-0.25, -0.2) is 9.67 Å². The number of hydrogen-bond acceptors (Lipinski definition) is 5. The van der Waals surface area contributed by atoms with Crippen molar-refractivity contribution in [2.45, 2.75) is 20.4 Å². The highest BCUT2D eigenvalue weighted by atomic mass is 16.3. The molecule has 1 amide bonds. The number of aromatic nitrogens is 3. The summed E-state index contributed by atoms with van der Waals surface area (Å²) in [6, 6.07) is 1.88. The molecule has 0 bridgehead atoms. The van der Waals surface area contributed by atoms with Crippen LogP contribution < -0.4 is 0 Å². The first kappa shape index (κ1) is 16.9. The molecule has 1 aliphatic heterocycles. The van der Waals surface area contributed by atoms with Gasteiger partial charge in [0.1, 0.15) is 0 Å². The molecule has 130 valence electrons. The maximum absolute atomic E-state index is 12.7. The molecule has 0 aromatic carbocycles. The summed E-state index contributed by atoms with van der Waals surface area (Å²) >= 11 is 0. The van der Waals surface area contributed by atoms with E-state index in [1.165, 1.54) is 0 Å². The summed E-state index contributed by atoms with van der Waals surface area (Å²) in [5.74, 6) is 0.510. The van der Waals surface area contributed by atoms with E-state index in [1.54, 1.807) is 12.4 Å². The molecule has 0 aliphatic carbocycles. The summed E-state index contributed by atoms with van der Waals surface area (Å²) in [6.07, 6.45) is 3.43. The van der Waals surface area contributed by atoms with Crippen LogP contribution in [-0.4, -0.2) is 74.9 Å². The number of nitrogens with zero attached hydrogens (tertiary/aromatic N) is 5. The maximum Gasteiger partial charge on any atom is 0.255 e. The van der Waals surface area contributed by atoms with Crippen molar-refractivity contribution >= 4 is 16.9 Å². The minimum Gasteiger partial charge on any atom is -0.395 e. The fourth-order valence-electron chi connectivity index (χ4n) is 3.07. The van der Waals surface area contributed by atoms with Crippen molar-refractivity contribution < 1.29 is 9.90 Å². The Morgan fingerprint density at radius 1 is 1.25 bits per heavy atom. The van der Waals surface area contributed by atoms with E-state index in [9.17, 15) is 4.79 Å². The number of aliphatic hydroxyl groups excluding tert-OH is 1. The Morgan fingerprint density at radius 2 is 2.00 bits per heavy atom. The number of amides is 1. The molecule has 1 fully saturated rings. The van der Waals surface area contributed by atoms with Crippen LogP contribution in [0, 0.1) is 5.92 Å². The third kappa shape index (κ3) is 3.57. The van der Waals surface area contributed by atoms with Gasteiger partial charge in [0.2, 0.25) is 0 Å². The van der Waals surface area contributed by atoms with Crippen LogP contribution >= 0.6 is 0 Å². The van der Waals surface area contributed by atoms with E-state index in [4.69, 9.17) is 5.11 Å². The molecule has 1 saturated heterocycles. The Bertz CT molecular complexity index is 704. The summed E-state index contributed by atoms with van der Waals surface area (Å²) in [5, 5.41) is 14.3. The lowest BCUT2D eigenvalue weighted by Gasteiger charge is -2.34. The Kier molecular flexibility index (Phi) is 5.11. The third-order valence-electron chi connectivity index (χ3n) is 4.34. The number of aliphatic hydroxyl groups is 1. The van der Waals surface area contributed by atoms with Gasteiger partial charge < -0.3 is 10.0 Å². The second-order valence-corrected chi connectivity index (χ2v) is 6.71. The predicted octanol–water partition coefficient (Wildman–Crippen LogP) is 0.837. The predicted molar refractivity (Wildman–Crippen MR) is 91.8 cm³/mol. The van der Waals surface area contributed by atoms with E-state index in [0.29, 0.717) is 31.1 Å². The zero-order valence-corrected chi connectivity index (χ0v) is 14.4. The molecular weight excluding hydrogens is 306 g/mol. The summed E-state index contributed by atoms with van der Waals surface area (Å²) in [7, 11) is 0. The van der Waals surface area contributed by atoms with Gasteiger partial charge in [-0.2, -0.15) is 5.10 Å². The SMILES string of the molecule is CC(C)Cn1ncc2cc(C(=O)N3CCN(CCO)CC3)cnc21. The average molecular weight is 331 g/mol. The van der Waals surface area contributed by atoms with E-state index >= 15 is 0 Å². The van der Waals surface area contributed by atoms with Crippen LogP contribution in [0.5, 0.6) is 0 Å². The smallest absolute Gasteiger partial charge is 0.255 e. The second kappa shape index (κ2) is 7.27. The van der Waals surface area contributed by atoms with Crippen molar-refractivity contribution in [3.05, 3.63) is 24.0 Å². The zero-order valence-electron chi connectivity index (χ0n) is 14.4. The second-order valence-electron chi connectivity index (χ2n) is 6.71. The topological polar surface area (TPSA) is 74.5 Å². The average Bonchev–Trinajstić information content (AvgIpc) is 2.97. The van der Waals surface area contributed by atoms with E-state index in [0.717, 1.165) is 30.7 Å². The van der Waals surface area contributed by atoms with Crippen LogP contribution in [0.2, 0.25) is 0 Å². The van der Waals surface area contributed by atoms with Crippen molar-refractivity contribution in [3.8, 4) is 0 Å². The van der Waals surface area contributed by atoms with Gasteiger partial charge in [-0.15, -0.1) is 0 Å². The quantitative estimate of drug-likeness (QED) is 0.879. The number of rotatable bonds is 5. The maximum atomic E-state index is 12.7. The van der Waals surface area contributed by atoms with Gasteiger partial charge in [0.25, 0.3) is 5.91 Å². The molecule has 3 rings (SSSR count). The molecule has 1 aliphatic rings. The van der Waals surface area contributed by atoms with Crippen molar-refractivity contribution in [2.24, 2.45) is 5.92 Å². The van der Waals surface area contributed by atoms with Gasteiger partial charge in [-0.05, 0) is 12.0 Å². The minimum absolute atomic E-state index is 0.0182. The summed E-state index contributed by atoms with van der Waals surface area (Å²) in [5.41, 5.74) is 1.44. The van der Waals surface area contributed by atoms with Crippen molar-refractivity contribution in [1.29, 1.82) is 0 Å². The number of fused-ring (bicyclic) bond motifs is 1. The van der Waals surface area contributed by atoms with Crippen LogP contribution in [0.1, 0.15) is 24.2 Å². The lowest BCUT2D eigenvalue weighted by Crippen LogP contribution is -2.49. The standard InChI is InChI=1S/C17H25N5O2/c1-13(2)12-22-16-14(11-19-22)9-15(10-18-16)17(24)21-5-3-20(4-6-21)7-8-23/h9-11,13,23H,3-8,12H2,1-2H3. The van der Waals surface area contributed by atoms with Crippen LogP contribution in [0.25, 0.3) is 11.0 Å². The molecule has 2 aromatic heterocycles. The normalized spacial score (nSPS) is 16.2. The Balaban J connectivity index is 1.72. The molecule has 0 spiro atoms. The largest absolute Gasteiger partial charge is 0.395 e. The van der Waals surface area contributed by atoms with Crippen LogP contribution in [0.3, 0.4) is 0 Å². The van der Waals surface area contributed by atoms with Crippen molar-refractivity contribution in [3.63, 3.8) is 0 Å². The summed E-state index contributed by atoms with van der Waals surface area (Å²) in [4.78, 5) is 21.2. The number of pyridine rings is 1. The molecule has 1 N–H and O–H groups in total. The van der Waals surface area contributed by atoms with E-state index < -0.39 is 0 Å². The molecule has 0 unspecified atom stereocenters. The van der Waals surface area contributed by atoms with E-state index in [1.807, 2.05) is 15.6 Å². The van der Waals surface area contributed by atoms with Gasteiger partial charge in [-0.3, -0.25) is 9.69 Å². The zero-order chi connectivity index (χ0) is 17.1. The van der Waals surface area contributed by atoms with Crippen LogP contribution in [0.15, 0.2) is 18.5 Å². The molecule has 0 radical (unpaired) electrons. The lowest BCUT2D eigenvalue weighted by molar-refractivity contribution is 0.0615. The number of carbonyl (C=O) groups excluding carboxylic acids is 1. The van der Waals surface area contributed by atoms with Crippen molar-refractivity contribution in [2.75, 3.05) is 39.3 Å². The van der Waals surface area contributed by atoms with Gasteiger partial charge in [0.15, 0.2) is 5.65 Å². The Labute approximate surface area is 141 Å². The van der Waals surface area contributed by atoms with Gasteiger partial charge in [0.05, 0.1) is 18.4 Å². The molecule has 3 heterocycles. The van der Waals surface area contributed by atoms with Crippen molar-refractivity contribution in [1.82, 2.24) is 24.6 Å². The molecule has 7 nitrogen and oxygen atoms in total. The summed E-state index contributed by atoms with van der Waals surface area (Å²) in [6.45, 7) is 8.90. The Hall–Kier alpha value is -1.99. The number of carbonyl (C=O) groups is 1. The van der Waals surface area contributed by atoms with Crippen LogP contribution in [0.4, 0.5) is 0 Å². The number of piperazine rings is 1. The van der Waals surface area contributed by atoms with E-state index in [2.05, 4.69) is 28.8 Å². The number of hydrogen-bond donors (Lipinski definition) is 1. The van der Waals surface area contributed by atoms with Crippen LogP contribution in [-0.2, 0) is 6.54 Å². The van der Waals surface area contributed by atoms with Gasteiger partial charge in [-0.1, -0.05) is 13.8 Å². The van der Waals surface area contributed by atoms with Gasteiger partial charge >= 0.3 is 0 Å². The molecule has 2 aromatic rings. The molecule has 24 heavy (non-hydrogen) atoms. The molecule has 0 atom stereocenters. The fourth-order valence-corrected chi connectivity index (χ4v) is 3.07.